The number of esters is 1. The van der Waals surface area contributed by atoms with Gasteiger partial charge in [-0.25, -0.2) is 4.79 Å². The Hall–Kier alpha value is -2.34. The van der Waals surface area contributed by atoms with E-state index in [-0.39, 0.29) is 5.78 Å². The molecule has 0 aromatic heterocycles. The Morgan fingerprint density at radius 2 is 1.62 bits per heavy atom. The maximum Gasteiger partial charge on any atom is 0.338 e. The minimum atomic E-state index is -0.883. The quantitative estimate of drug-likeness (QED) is 0.588. The highest BCUT2D eigenvalue weighted by Gasteiger charge is 2.22. The molecule has 6 heteroatoms. The molecule has 5 nitrogen and oxygen atoms in total. The predicted octanol–water partition coefficient (Wildman–Crippen LogP) is 3.65. The minimum absolute atomic E-state index is 0.256. The van der Waals surface area contributed by atoms with E-state index in [1.165, 1.54) is 0 Å². The normalized spacial score (nSPS) is 13.9. The van der Waals surface area contributed by atoms with Gasteiger partial charge < -0.3 is 14.2 Å². The molecule has 0 radical (unpaired) electrons. The number of fused-ring (bicyclic) bond motifs is 1. The summed E-state index contributed by atoms with van der Waals surface area (Å²) in [6.45, 7) is 2.47. The van der Waals surface area contributed by atoms with Gasteiger partial charge in [-0.15, -0.1) is 0 Å². The molecule has 124 valence electrons. The van der Waals surface area contributed by atoms with Crippen LogP contribution in [0.5, 0.6) is 11.5 Å². The largest absolute Gasteiger partial charge is 0.486 e. The first-order valence-electron chi connectivity index (χ1n) is 7.45. The van der Waals surface area contributed by atoms with Crippen LogP contribution in [0.1, 0.15) is 27.6 Å². The lowest BCUT2D eigenvalue weighted by Gasteiger charge is -2.19. The average Bonchev–Trinajstić information content (AvgIpc) is 2.61. The SMILES string of the molecule is CC(OC(=O)c1ccc2c(c1)OCCO2)C(=O)c1ccc(Br)cc1. The van der Waals surface area contributed by atoms with Gasteiger partial charge in [0.25, 0.3) is 0 Å². The zero-order chi connectivity index (χ0) is 17.1. The van der Waals surface area contributed by atoms with Gasteiger partial charge in [0.15, 0.2) is 17.6 Å². The molecule has 0 saturated carbocycles. The maximum absolute atomic E-state index is 12.3. The van der Waals surface area contributed by atoms with Gasteiger partial charge in [0.2, 0.25) is 5.78 Å². The van der Waals surface area contributed by atoms with Crippen molar-refractivity contribution in [3.8, 4) is 11.5 Å². The van der Waals surface area contributed by atoms with Crippen LogP contribution in [0.3, 0.4) is 0 Å². The lowest BCUT2D eigenvalue weighted by Crippen LogP contribution is -2.24. The second kappa shape index (κ2) is 7.05. The van der Waals surface area contributed by atoms with Gasteiger partial charge in [-0.3, -0.25) is 4.79 Å². The lowest BCUT2D eigenvalue weighted by molar-refractivity contribution is 0.0318. The highest BCUT2D eigenvalue weighted by molar-refractivity contribution is 9.10. The molecule has 0 saturated heterocycles. The Bertz CT molecular complexity index is 769. The van der Waals surface area contributed by atoms with Crippen LogP contribution < -0.4 is 9.47 Å². The van der Waals surface area contributed by atoms with E-state index < -0.39 is 12.1 Å². The number of halogens is 1. The van der Waals surface area contributed by atoms with E-state index in [2.05, 4.69) is 15.9 Å². The topological polar surface area (TPSA) is 61.8 Å². The molecule has 0 aliphatic carbocycles. The summed E-state index contributed by atoms with van der Waals surface area (Å²) in [6.07, 6.45) is -0.883. The summed E-state index contributed by atoms with van der Waals surface area (Å²) in [4.78, 5) is 24.6. The van der Waals surface area contributed by atoms with Crippen molar-refractivity contribution in [2.75, 3.05) is 13.2 Å². The molecule has 0 N–H and O–H groups in total. The number of rotatable bonds is 4. The summed E-state index contributed by atoms with van der Waals surface area (Å²) in [7, 11) is 0. The fourth-order valence-corrected chi connectivity index (χ4v) is 2.57. The van der Waals surface area contributed by atoms with Crippen molar-refractivity contribution in [2.24, 2.45) is 0 Å². The molecule has 3 rings (SSSR count). The first kappa shape index (κ1) is 16.5. The fraction of sp³-hybridized carbons (Fsp3) is 0.222. The first-order chi connectivity index (χ1) is 11.5. The number of hydrogen-bond donors (Lipinski definition) is 0. The zero-order valence-corrected chi connectivity index (χ0v) is 14.5. The van der Waals surface area contributed by atoms with Crippen molar-refractivity contribution in [2.45, 2.75) is 13.0 Å². The molecule has 0 fully saturated rings. The molecule has 2 aromatic carbocycles. The highest BCUT2D eigenvalue weighted by atomic mass is 79.9. The van der Waals surface area contributed by atoms with E-state index >= 15 is 0 Å². The Labute approximate surface area is 147 Å². The van der Waals surface area contributed by atoms with Crippen LogP contribution in [-0.4, -0.2) is 31.1 Å². The molecule has 1 heterocycles. The number of Topliss-reactive ketones (excluding diaryl/α,β-unsaturated/α-hetero) is 1. The summed E-state index contributed by atoms with van der Waals surface area (Å²) >= 11 is 3.31. The van der Waals surface area contributed by atoms with E-state index in [1.54, 1.807) is 49.4 Å². The molecule has 0 amide bonds. The second-order valence-corrected chi connectivity index (χ2v) is 6.19. The standard InChI is InChI=1S/C18H15BrO5/c1-11(17(20)12-2-5-14(19)6-3-12)24-18(21)13-4-7-15-16(10-13)23-9-8-22-15/h2-7,10-11H,8-9H2,1H3. The Kier molecular flexibility index (Phi) is 4.85. The van der Waals surface area contributed by atoms with Gasteiger partial charge in [0.1, 0.15) is 13.2 Å². The van der Waals surface area contributed by atoms with Crippen molar-refractivity contribution < 1.29 is 23.8 Å². The molecular weight excluding hydrogens is 376 g/mol. The smallest absolute Gasteiger partial charge is 0.338 e. The number of benzene rings is 2. The summed E-state index contributed by atoms with van der Waals surface area (Å²) in [6, 6.07) is 11.7. The van der Waals surface area contributed by atoms with Crippen molar-refractivity contribution >= 4 is 27.7 Å². The van der Waals surface area contributed by atoms with Crippen LogP contribution in [0.15, 0.2) is 46.9 Å². The summed E-state index contributed by atoms with van der Waals surface area (Å²) in [5, 5.41) is 0. The van der Waals surface area contributed by atoms with Gasteiger partial charge in [-0.05, 0) is 37.3 Å². The third-order valence-electron chi connectivity index (χ3n) is 3.56. The average molecular weight is 391 g/mol. The fourth-order valence-electron chi connectivity index (χ4n) is 2.30. The molecule has 24 heavy (non-hydrogen) atoms. The van der Waals surface area contributed by atoms with Crippen LogP contribution in [0.4, 0.5) is 0 Å². The highest BCUT2D eigenvalue weighted by Crippen LogP contribution is 2.31. The Morgan fingerprint density at radius 1 is 1.00 bits per heavy atom. The van der Waals surface area contributed by atoms with Crippen LogP contribution in [-0.2, 0) is 4.74 Å². The Morgan fingerprint density at radius 3 is 2.33 bits per heavy atom. The van der Waals surface area contributed by atoms with Gasteiger partial charge in [0, 0.05) is 10.0 Å². The van der Waals surface area contributed by atoms with Crippen molar-refractivity contribution in [3.05, 3.63) is 58.1 Å². The number of carbonyl (C=O) groups is 2. The van der Waals surface area contributed by atoms with Crippen LogP contribution >= 0.6 is 15.9 Å². The number of ketones is 1. The minimum Gasteiger partial charge on any atom is -0.486 e. The van der Waals surface area contributed by atoms with Crippen molar-refractivity contribution in [3.63, 3.8) is 0 Å². The maximum atomic E-state index is 12.3. The van der Waals surface area contributed by atoms with Crippen LogP contribution in [0.25, 0.3) is 0 Å². The van der Waals surface area contributed by atoms with Crippen LogP contribution in [0, 0.1) is 0 Å². The third kappa shape index (κ3) is 3.59. The summed E-state index contributed by atoms with van der Waals surface area (Å²) in [5.74, 6) is 0.262. The molecule has 2 aromatic rings. The predicted molar refractivity (Wildman–Crippen MR) is 90.8 cm³/mol. The van der Waals surface area contributed by atoms with Gasteiger partial charge in [-0.1, -0.05) is 28.1 Å². The monoisotopic (exact) mass is 390 g/mol. The summed E-state index contributed by atoms with van der Waals surface area (Å²) in [5.41, 5.74) is 0.801. The lowest BCUT2D eigenvalue weighted by atomic mass is 10.1. The third-order valence-corrected chi connectivity index (χ3v) is 4.09. The zero-order valence-electron chi connectivity index (χ0n) is 13.0. The van der Waals surface area contributed by atoms with E-state index in [4.69, 9.17) is 14.2 Å². The summed E-state index contributed by atoms with van der Waals surface area (Å²) < 4.78 is 17.0. The van der Waals surface area contributed by atoms with Crippen molar-refractivity contribution in [1.29, 1.82) is 0 Å². The van der Waals surface area contributed by atoms with Crippen molar-refractivity contribution in [1.82, 2.24) is 0 Å². The molecule has 1 aliphatic rings. The van der Waals surface area contributed by atoms with E-state index in [1.807, 2.05) is 0 Å². The molecule has 0 spiro atoms. The molecular formula is C18H15BrO5. The number of ether oxygens (including phenoxy) is 3. The number of hydrogen-bond acceptors (Lipinski definition) is 5. The van der Waals surface area contributed by atoms with E-state index in [0.717, 1.165) is 4.47 Å². The molecule has 1 unspecified atom stereocenters. The Balaban J connectivity index is 1.69. The number of carbonyl (C=O) groups excluding carboxylic acids is 2. The van der Waals surface area contributed by atoms with Gasteiger partial charge in [0.05, 0.1) is 5.56 Å². The van der Waals surface area contributed by atoms with E-state index in [0.29, 0.717) is 35.8 Å². The van der Waals surface area contributed by atoms with Crippen LogP contribution in [0.2, 0.25) is 0 Å². The first-order valence-corrected chi connectivity index (χ1v) is 8.24. The molecule has 0 bridgehead atoms. The molecule has 1 atom stereocenters. The van der Waals surface area contributed by atoms with Gasteiger partial charge >= 0.3 is 5.97 Å². The van der Waals surface area contributed by atoms with Gasteiger partial charge in [-0.2, -0.15) is 0 Å². The molecule has 1 aliphatic heterocycles. The second-order valence-electron chi connectivity index (χ2n) is 5.28. The van der Waals surface area contributed by atoms with E-state index in [9.17, 15) is 9.59 Å².